The van der Waals surface area contributed by atoms with Gasteiger partial charge in [-0.2, -0.15) is 0 Å². The van der Waals surface area contributed by atoms with Crippen LogP contribution in [0.25, 0.3) is 16.6 Å². The summed E-state index contributed by atoms with van der Waals surface area (Å²) in [5.41, 5.74) is 10.5. The van der Waals surface area contributed by atoms with Crippen LogP contribution in [0.1, 0.15) is 44.1 Å². The summed E-state index contributed by atoms with van der Waals surface area (Å²) in [5, 5.41) is 26.2. The molecule has 1 unspecified atom stereocenters. The quantitative estimate of drug-likeness (QED) is 0.371. The average molecular weight is 372 g/mol. The molecule has 0 radical (unpaired) electrons. The number of rotatable bonds is 3. The van der Waals surface area contributed by atoms with E-state index < -0.39 is 0 Å². The number of carboxylic acid groups (broad SMARTS) is 1. The van der Waals surface area contributed by atoms with Crippen molar-refractivity contribution in [3.05, 3.63) is 53.6 Å². The highest BCUT2D eigenvalue weighted by Gasteiger charge is 2.21. The molecule has 2 aromatic rings. The third-order valence-corrected chi connectivity index (χ3v) is 4.03. The zero-order chi connectivity index (χ0) is 20.4. The highest BCUT2D eigenvalue weighted by molar-refractivity contribution is 5.86. The van der Waals surface area contributed by atoms with Crippen molar-refractivity contribution in [3.63, 3.8) is 0 Å². The second kappa shape index (κ2) is 10.9. The van der Waals surface area contributed by atoms with E-state index in [1.54, 1.807) is 6.08 Å². The molecule has 7 heteroatoms. The Morgan fingerprint density at radius 3 is 2.67 bits per heavy atom. The van der Waals surface area contributed by atoms with Crippen molar-refractivity contribution in [3.8, 4) is 0 Å². The van der Waals surface area contributed by atoms with E-state index in [4.69, 9.17) is 15.6 Å². The van der Waals surface area contributed by atoms with Gasteiger partial charge in [-0.15, -0.1) is 10.2 Å². The Morgan fingerprint density at radius 2 is 2.07 bits per heavy atom. The number of aromatic amines is 1. The van der Waals surface area contributed by atoms with E-state index in [9.17, 15) is 5.11 Å². The molecule has 2 aromatic heterocycles. The maximum Gasteiger partial charge on any atom is 0.290 e. The van der Waals surface area contributed by atoms with Crippen LogP contribution in [0.4, 0.5) is 0 Å². The van der Waals surface area contributed by atoms with Crippen molar-refractivity contribution in [2.45, 2.75) is 46.1 Å². The van der Waals surface area contributed by atoms with Crippen LogP contribution < -0.4 is 5.73 Å². The zero-order valence-electron chi connectivity index (χ0n) is 16.1. The lowest BCUT2D eigenvalue weighted by atomic mass is 9.92. The molecule has 0 spiro atoms. The Balaban J connectivity index is 0.000000665. The maximum absolute atomic E-state index is 9.80. The molecule has 0 saturated carbocycles. The Morgan fingerprint density at radius 1 is 1.41 bits per heavy atom. The van der Waals surface area contributed by atoms with Crippen LogP contribution in [0.3, 0.4) is 0 Å². The highest BCUT2D eigenvalue weighted by Crippen LogP contribution is 2.29. The fraction of sp³-hybridized carbons (Fsp3) is 0.350. The third-order valence-electron chi connectivity index (χ3n) is 4.03. The number of aliphatic hydroxyl groups excluding tert-OH is 1. The first-order chi connectivity index (χ1) is 13.0. The van der Waals surface area contributed by atoms with Crippen LogP contribution in [0.5, 0.6) is 0 Å². The van der Waals surface area contributed by atoms with Gasteiger partial charge in [0.2, 0.25) is 0 Å². The fourth-order valence-corrected chi connectivity index (χ4v) is 2.89. The first-order valence-electron chi connectivity index (χ1n) is 8.94. The second-order valence-electron chi connectivity index (χ2n) is 5.74. The molecule has 0 aromatic carbocycles. The molecule has 146 valence electrons. The summed E-state index contributed by atoms with van der Waals surface area (Å²) in [7, 11) is 0. The highest BCUT2D eigenvalue weighted by atomic mass is 16.3. The molecule has 0 bridgehead atoms. The molecular formula is C20H28N4O3. The lowest BCUT2D eigenvalue weighted by molar-refractivity contribution is -0.122. The van der Waals surface area contributed by atoms with Crippen molar-refractivity contribution in [1.29, 1.82) is 0 Å². The van der Waals surface area contributed by atoms with Crippen molar-refractivity contribution < 1.29 is 15.0 Å². The lowest BCUT2D eigenvalue weighted by Crippen LogP contribution is -2.27. The third kappa shape index (κ3) is 5.52. The van der Waals surface area contributed by atoms with Crippen LogP contribution in [0.2, 0.25) is 0 Å². The predicted octanol–water partition coefficient (Wildman–Crippen LogP) is 3.53. The van der Waals surface area contributed by atoms with E-state index in [1.807, 2.05) is 39.0 Å². The van der Waals surface area contributed by atoms with Crippen LogP contribution >= 0.6 is 0 Å². The number of nitrogens with one attached hydrogen (secondary N) is 1. The minimum atomic E-state index is -0.250. The predicted molar refractivity (Wildman–Crippen MR) is 108 cm³/mol. The summed E-state index contributed by atoms with van der Waals surface area (Å²) in [5.74, 6) is -0.0205. The number of hydrogen-bond donors (Lipinski definition) is 4. The largest absolute Gasteiger partial charge is 0.508 e. The summed E-state index contributed by atoms with van der Waals surface area (Å²) in [4.78, 5) is 11.7. The van der Waals surface area contributed by atoms with E-state index in [0.29, 0.717) is 11.3 Å². The Bertz CT molecular complexity index is 837. The van der Waals surface area contributed by atoms with Crippen molar-refractivity contribution in [1.82, 2.24) is 15.2 Å². The number of aromatic nitrogens is 3. The number of carbonyl (C=O) groups is 1. The van der Waals surface area contributed by atoms with Gasteiger partial charge in [0, 0.05) is 22.7 Å². The molecule has 2 heterocycles. The van der Waals surface area contributed by atoms with Gasteiger partial charge in [-0.1, -0.05) is 32.6 Å². The van der Waals surface area contributed by atoms with E-state index in [0.717, 1.165) is 30.3 Å². The van der Waals surface area contributed by atoms with E-state index in [-0.39, 0.29) is 18.3 Å². The number of aliphatic hydroxyl groups is 1. The van der Waals surface area contributed by atoms with Gasteiger partial charge in [0.1, 0.15) is 5.76 Å². The fourth-order valence-electron chi connectivity index (χ4n) is 2.89. The summed E-state index contributed by atoms with van der Waals surface area (Å²) >= 11 is 0. The van der Waals surface area contributed by atoms with Gasteiger partial charge in [0.25, 0.3) is 6.47 Å². The molecule has 0 fully saturated rings. The molecule has 0 saturated heterocycles. The number of H-pyrrole nitrogens is 1. The molecule has 0 amide bonds. The van der Waals surface area contributed by atoms with Crippen LogP contribution in [0, 0.1) is 0 Å². The Kier molecular flexibility index (Phi) is 8.95. The van der Waals surface area contributed by atoms with Crippen molar-refractivity contribution >= 4 is 23.1 Å². The minimum absolute atomic E-state index is 0.0205. The summed E-state index contributed by atoms with van der Waals surface area (Å²) in [6, 6.07) is 2.14. The van der Waals surface area contributed by atoms with Crippen LogP contribution in [-0.2, 0) is 17.6 Å². The Labute approximate surface area is 159 Å². The maximum atomic E-state index is 9.80. The average Bonchev–Trinajstić information content (AvgIpc) is 3.01. The van der Waals surface area contributed by atoms with Crippen molar-refractivity contribution in [2.75, 3.05) is 0 Å². The topological polar surface area (TPSA) is 125 Å². The number of hydrogen-bond acceptors (Lipinski definition) is 5. The van der Waals surface area contributed by atoms with E-state index >= 15 is 0 Å². The molecule has 7 nitrogen and oxygen atoms in total. The summed E-state index contributed by atoms with van der Waals surface area (Å²) in [6.07, 6.45) is 8.27. The van der Waals surface area contributed by atoms with E-state index in [1.165, 1.54) is 11.3 Å². The first kappa shape index (κ1) is 22.1. The molecule has 1 aliphatic carbocycles. The van der Waals surface area contributed by atoms with Gasteiger partial charge in [0.05, 0.1) is 5.69 Å². The molecule has 5 N–H and O–H groups in total. The number of nitrogens with zero attached hydrogens (tertiary/aromatic N) is 2. The van der Waals surface area contributed by atoms with Gasteiger partial charge in [-0.05, 0) is 43.9 Å². The normalized spacial score (nSPS) is 16.0. The van der Waals surface area contributed by atoms with Gasteiger partial charge >= 0.3 is 0 Å². The van der Waals surface area contributed by atoms with E-state index in [2.05, 4.69) is 21.8 Å². The summed E-state index contributed by atoms with van der Waals surface area (Å²) < 4.78 is 0. The number of aryl methyl sites for hydroxylation is 1. The SMILES string of the molecule is C=C(O)/C(=C\C=C/C)c1cc2c3c([nH]c2nn1)CCC(N)C3.CC.O=CO. The number of nitrogens with two attached hydrogens (primary N) is 1. The Hall–Kier alpha value is -2.93. The van der Waals surface area contributed by atoms with Crippen molar-refractivity contribution in [2.24, 2.45) is 5.73 Å². The first-order valence-corrected chi connectivity index (χ1v) is 8.94. The van der Waals surface area contributed by atoms with Gasteiger partial charge in [-0.25, -0.2) is 0 Å². The standard InChI is InChI=1S/C17H20N4O.C2H6.CH2O2/c1-3-4-5-12(10(2)22)16-9-14-13-8-11(18)6-7-15(13)19-17(14)21-20-16;1-2;2-1-3/h3-5,9,11,22H,2,6-8,18H2,1H3,(H,19,21);1-2H3;1H,(H,2,3)/b4-3-,12-5+;;. The zero-order valence-corrected chi connectivity index (χ0v) is 16.1. The van der Waals surface area contributed by atoms with Gasteiger partial charge in [0.15, 0.2) is 5.65 Å². The van der Waals surface area contributed by atoms with Gasteiger partial charge < -0.3 is 20.9 Å². The molecule has 3 rings (SSSR count). The van der Waals surface area contributed by atoms with Crippen LogP contribution in [-0.4, -0.2) is 37.9 Å². The monoisotopic (exact) mass is 372 g/mol. The molecule has 27 heavy (non-hydrogen) atoms. The van der Waals surface area contributed by atoms with Gasteiger partial charge in [-0.3, -0.25) is 4.79 Å². The second-order valence-corrected chi connectivity index (χ2v) is 5.74. The molecule has 1 atom stereocenters. The molecular weight excluding hydrogens is 344 g/mol. The molecule has 0 aliphatic heterocycles. The lowest BCUT2D eigenvalue weighted by Gasteiger charge is -2.18. The number of allylic oxidation sites excluding steroid dienone is 4. The number of fused-ring (bicyclic) bond motifs is 3. The molecule has 1 aliphatic rings. The minimum Gasteiger partial charge on any atom is -0.508 e. The van der Waals surface area contributed by atoms with Crippen LogP contribution in [0.15, 0.2) is 36.6 Å². The summed E-state index contributed by atoms with van der Waals surface area (Å²) in [6.45, 7) is 9.27. The smallest absolute Gasteiger partial charge is 0.290 e.